The third kappa shape index (κ3) is 3.61. The molecule has 128 valence electrons. The van der Waals surface area contributed by atoms with Crippen LogP contribution in [0.25, 0.3) is 0 Å². The summed E-state index contributed by atoms with van der Waals surface area (Å²) < 4.78 is 42.8. The van der Waals surface area contributed by atoms with Crippen LogP contribution in [0.1, 0.15) is 0 Å². The first-order chi connectivity index (χ1) is 11.2. The van der Waals surface area contributed by atoms with Gasteiger partial charge in [0, 0.05) is 26.2 Å². The van der Waals surface area contributed by atoms with Gasteiger partial charge >= 0.3 is 0 Å². The Labute approximate surface area is 140 Å². The predicted molar refractivity (Wildman–Crippen MR) is 89.2 cm³/mol. The van der Waals surface area contributed by atoms with Crippen LogP contribution in [0.4, 0.5) is 5.69 Å². The Balaban J connectivity index is 2.63. The van der Waals surface area contributed by atoms with Crippen LogP contribution in [-0.2, 0) is 19.9 Å². The van der Waals surface area contributed by atoms with E-state index in [0.29, 0.717) is 0 Å². The van der Waals surface area contributed by atoms with E-state index in [1.807, 2.05) is 0 Å². The predicted octanol–water partition coefficient (Wildman–Crippen LogP) is 2.29. The third-order valence-corrected chi connectivity index (χ3v) is 7.43. The Morgan fingerprint density at radius 2 is 1.46 bits per heavy atom. The maximum Gasteiger partial charge on any atom is 0.291 e. The minimum absolute atomic E-state index is 0.0672. The van der Waals surface area contributed by atoms with Crippen molar-refractivity contribution in [2.24, 2.45) is 3.77 Å². The van der Waals surface area contributed by atoms with E-state index in [9.17, 15) is 22.7 Å². The lowest BCUT2D eigenvalue weighted by molar-refractivity contribution is -0.384. The van der Waals surface area contributed by atoms with Crippen molar-refractivity contribution in [1.82, 2.24) is 4.31 Å². The highest BCUT2D eigenvalue weighted by Gasteiger charge is 2.23. The van der Waals surface area contributed by atoms with Crippen LogP contribution in [0.5, 0.6) is 0 Å². The van der Waals surface area contributed by atoms with Crippen LogP contribution >= 0.6 is 0 Å². The molecule has 0 aliphatic heterocycles. The molecule has 0 heterocycles. The molecule has 0 N–H and O–H groups in total. The van der Waals surface area contributed by atoms with E-state index in [2.05, 4.69) is 3.77 Å². The summed E-state index contributed by atoms with van der Waals surface area (Å²) in [6.07, 6.45) is 0. The molecule has 2 aromatic rings. The molecule has 0 saturated heterocycles. The summed E-state index contributed by atoms with van der Waals surface area (Å²) in [6.45, 7) is 0. The number of rotatable bonds is 5. The smallest absolute Gasteiger partial charge is 0.258 e. The molecule has 0 spiro atoms. The zero-order chi connectivity index (χ0) is 18.0. The molecule has 0 bridgehead atoms. The normalized spacial score (nSPS) is 14.1. The molecule has 0 amide bonds. The Kier molecular flexibility index (Phi) is 5.02. The minimum Gasteiger partial charge on any atom is -0.258 e. The summed E-state index contributed by atoms with van der Waals surface area (Å²) in [6, 6.07) is 12.2. The Hall–Kier alpha value is -2.30. The molecule has 24 heavy (non-hydrogen) atoms. The molecular weight excluding hydrogens is 354 g/mol. The number of non-ortho nitro benzene ring substituents is 1. The average Bonchev–Trinajstić information content (AvgIpc) is 2.55. The van der Waals surface area contributed by atoms with E-state index in [-0.39, 0.29) is 15.5 Å². The molecule has 0 aromatic heterocycles. The lowest BCUT2D eigenvalue weighted by Crippen LogP contribution is -2.23. The molecule has 10 heteroatoms. The Morgan fingerprint density at radius 3 is 1.92 bits per heavy atom. The van der Waals surface area contributed by atoms with Crippen molar-refractivity contribution in [1.29, 1.82) is 0 Å². The Morgan fingerprint density at radius 1 is 0.917 bits per heavy atom. The van der Waals surface area contributed by atoms with Gasteiger partial charge in [-0.05, 0) is 24.3 Å². The molecule has 0 radical (unpaired) electrons. The third-order valence-electron chi connectivity index (χ3n) is 3.09. The van der Waals surface area contributed by atoms with E-state index >= 15 is 0 Å². The monoisotopic (exact) mass is 369 g/mol. The summed E-state index contributed by atoms with van der Waals surface area (Å²) in [4.78, 5) is 10.1. The lowest BCUT2D eigenvalue weighted by Gasteiger charge is -2.17. The van der Waals surface area contributed by atoms with Gasteiger partial charge in [0.15, 0.2) is 9.92 Å². The van der Waals surface area contributed by atoms with Gasteiger partial charge in [-0.1, -0.05) is 22.0 Å². The van der Waals surface area contributed by atoms with Crippen LogP contribution in [-0.4, -0.2) is 36.0 Å². The molecule has 2 aromatic carbocycles. The number of nitrogens with zero attached hydrogens (tertiary/aromatic N) is 3. The summed E-state index contributed by atoms with van der Waals surface area (Å²) in [7, 11) is -4.80. The summed E-state index contributed by atoms with van der Waals surface area (Å²) in [5.41, 5.74) is -0.190. The molecular formula is C14H15N3O5S2. The van der Waals surface area contributed by atoms with E-state index in [0.717, 1.165) is 12.1 Å². The second kappa shape index (κ2) is 6.67. The maximum absolute atomic E-state index is 13.2. The average molecular weight is 369 g/mol. The first-order valence-electron chi connectivity index (χ1n) is 6.67. The molecule has 0 aliphatic rings. The van der Waals surface area contributed by atoms with Crippen LogP contribution in [0.3, 0.4) is 0 Å². The van der Waals surface area contributed by atoms with Gasteiger partial charge in [0.05, 0.1) is 14.7 Å². The van der Waals surface area contributed by atoms with Crippen molar-refractivity contribution in [2.75, 3.05) is 14.1 Å². The minimum atomic E-state index is -4.16. The molecule has 1 atom stereocenters. The topological polar surface area (TPSA) is 110 Å². The number of nitro benzene ring substituents is 1. The Bertz CT molecular complexity index is 961. The van der Waals surface area contributed by atoms with Gasteiger partial charge in [0.25, 0.3) is 15.7 Å². The molecule has 8 nitrogen and oxygen atoms in total. The quantitative estimate of drug-likeness (QED) is 0.593. The lowest BCUT2D eigenvalue weighted by atomic mass is 10.3. The van der Waals surface area contributed by atoms with Crippen LogP contribution in [0, 0.1) is 10.1 Å². The van der Waals surface area contributed by atoms with E-state index < -0.39 is 24.9 Å². The standard InChI is InChI=1S/C14H15N3O5S2/c1-16(2)23(20,13-10-8-12(9-11-13)17(18)19)15-24(21,22)14-6-4-3-5-7-14/h3-11H,1-2H3/t23-/m1/s1. The molecule has 2 rings (SSSR count). The fraction of sp³-hybridized carbons (Fsp3) is 0.143. The number of benzene rings is 2. The zero-order valence-electron chi connectivity index (χ0n) is 12.9. The first kappa shape index (κ1) is 18.0. The first-order valence-corrected chi connectivity index (χ1v) is 9.58. The van der Waals surface area contributed by atoms with Gasteiger partial charge in [-0.3, -0.25) is 10.1 Å². The largest absolute Gasteiger partial charge is 0.291 e. The molecule has 0 aliphatic carbocycles. The highest BCUT2D eigenvalue weighted by Crippen LogP contribution is 2.23. The SMILES string of the molecule is CN(C)[S@](=O)(=NS(=O)(=O)c1ccccc1)c1ccc([N+](=O)[O-])cc1. The van der Waals surface area contributed by atoms with Gasteiger partial charge in [-0.15, -0.1) is 0 Å². The van der Waals surface area contributed by atoms with Gasteiger partial charge in [-0.2, -0.15) is 8.42 Å². The zero-order valence-corrected chi connectivity index (χ0v) is 14.5. The second-order valence-corrected chi connectivity index (χ2v) is 9.14. The second-order valence-electron chi connectivity index (χ2n) is 4.92. The number of nitro groups is 1. The van der Waals surface area contributed by atoms with Crippen molar-refractivity contribution in [3.63, 3.8) is 0 Å². The van der Waals surface area contributed by atoms with Crippen LogP contribution < -0.4 is 0 Å². The van der Waals surface area contributed by atoms with E-state index in [1.54, 1.807) is 6.07 Å². The van der Waals surface area contributed by atoms with Crippen LogP contribution in [0.15, 0.2) is 68.2 Å². The van der Waals surface area contributed by atoms with Crippen LogP contribution in [0.2, 0.25) is 0 Å². The van der Waals surface area contributed by atoms with Crippen molar-refractivity contribution in [2.45, 2.75) is 9.79 Å². The van der Waals surface area contributed by atoms with Gasteiger partial charge in [0.2, 0.25) is 0 Å². The number of hydrogen-bond donors (Lipinski definition) is 0. The summed E-state index contributed by atoms with van der Waals surface area (Å²) >= 11 is 0. The van der Waals surface area contributed by atoms with Gasteiger partial charge in [-0.25, -0.2) is 8.51 Å². The van der Waals surface area contributed by atoms with Crippen molar-refractivity contribution >= 4 is 25.6 Å². The number of sulfonamides is 1. The van der Waals surface area contributed by atoms with E-state index in [1.165, 1.54) is 54.8 Å². The maximum atomic E-state index is 13.2. The van der Waals surface area contributed by atoms with Crippen molar-refractivity contribution < 1.29 is 17.6 Å². The fourth-order valence-electron chi connectivity index (χ4n) is 1.83. The summed E-state index contributed by atoms with van der Waals surface area (Å²) in [5.74, 6) is 0. The fourth-order valence-corrected chi connectivity index (χ4v) is 5.53. The highest BCUT2D eigenvalue weighted by molar-refractivity contribution is 8.02. The van der Waals surface area contributed by atoms with Crippen molar-refractivity contribution in [3.8, 4) is 0 Å². The van der Waals surface area contributed by atoms with Crippen molar-refractivity contribution in [3.05, 3.63) is 64.7 Å². The summed E-state index contributed by atoms with van der Waals surface area (Å²) in [5, 5.41) is 10.7. The van der Waals surface area contributed by atoms with E-state index in [4.69, 9.17) is 0 Å². The molecule has 0 saturated carbocycles. The molecule has 0 unspecified atom stereocenters. The molecule has 0 fully saturated rings. The van der Waals surface area contributed by atoms with Gasteiger partial charge in [0.1, 0.15) is 0 Å². The number of hydrogen-bond acceptors (Lipinski definition) is 5. The van der Waals surface area contributed by atoms with Gasteiger partial charge < -0.3 is 0 Å². The highest BCUT2D eigenvalue weighted by atomic mass is 32.3.